The summed E-state index contributed by atoms with van der Waals surface area (Å²) in [6.45, 7) is 5.68. The van der Waals surface area contributed by atoms with Crippen molar-refractivity contribution in [2.45, 2.75) is 31.1 Å². The van der Waals surface area contributed by atoms with E-state index in [1.807, 2.05) is 0 Å². The van der Waals surface area contributed by atoms with E-state index in [4.69, 9.17) is 19.6 Å². The normalized spacial score (nSPS) is 23.7. The Labute approximate surface area is 196 Å². The van der Waals surface area contributed by atoms with Gasteiger partial charge in [-0.25, -0.2) is 4.79 Å². The fraction of sp³-hybridized carbons (Fsp3) is 0.269. The van der Waals surface area contributed by atoms with Crippen LogP contribution in [-0.4, -0.2) is 30.8 Å². The Bertz CT molecular complexity index is 1270. The van der Waals surface area contributed by atoms with Crippen LogP contribution < -0.4 is 10.6 Å². The summed E-state index contributed by atoms with van der Waals surface area (Å²) in [5.41, 5.74) is 5.61. The van der Waals surface area contributed by atoms with Crippen molar-refractivity contribution in [2.24, 2.45) is 5.73 Å². The van der Waals surface area contributed by atoms with E-state index in [1.54, 1.807) is 55.7 Å². The number of carbonyl (C=O) groups excluding carboxylic acids is 3. The Hall–Kier alpha value is -4.07. The van der Waals surface area contributed by atoms with Gasteiger partial charge in [0.1, 0.15) is 22.5 Å². The second-order valence-corrected chi connectivity index (χ2v) is 8.38. The number of allylic oxidation sites excluding steroid dienone is 1. The molecule has 2 aliphatic heterocycles. The molecule has 34 heavy (non-hydrogen) atoms. The summed E-state index contributed by atoms with van der Waals surface area (Å²) in [7, 11) is 0. The van der Waals surface area contributed by atoms with Crippen LogP contribution >= 0.6 is 0 Å². The van der Waals surface area contributed by atoms with E-state index < -0.39 is 17.3 Å². The number of furan rings is 1. The van der Waals surface area contributed by atoms with Crippen LogP contribution in [0.5, 0.6) is 0 Å². The molecule has 0 unspecified atom stereocenters. The number of esters is 1. The third-order valence-electron chi connectivity index (χ3n) is 6.55. The molecule has 1 aromatic carbocycles. The molecular weight excluding hydrogens is 436 g/mol. The van der Waals surface area contributed by atoms with Crippen LogP contribution in [0.2, 0.25) is 0 Å². The number of rotatable bonds is 5. The van der Waals surface area contributed by atoms with Gasteiger partial charge in [0.25, 0.3) is 0 Å². The van der Waals surface area contributed by atoms with Crippen molar-refractivity contribution in [2.75, 3.05) is 18.1 Å². The van der Waals surface area contributed by atoms with E-state index in [0.717, 1.165) is 0 Å². The summed E-state index contributed by atoms with van der Waals surface area (Å²) >= 11 is 0. The average molecular weight is 460 g/mol. The zero-order valence-electron chi connectivity index (χ0n) is 18.7. The Morgan fingerprint density at radius 2 is 2.06 bits per heavy atom. The van der Waals surface area contributed by atoms with E-state index in [-0.39, 0.29) is 54.1 Å². The molecule has 3 heterocycles. The summed E-state index contributed by atoms with van der Waals surface area (Å²) in [5, 5.41) is 0. The molecule has 1 aromatic heterocycles. The maximum atomic E-state index is 14.2. The van der Waals surface area contributed by atoms with Crippen LogP contribution in [0.1, 0.15) is 37.0 Å². The van der Waals surface area contributed by atoms with Crippen LogP contribution in [0.15, 0.2) is 82.5 Å². The summed E-state index contributed by atoms with van der Waals surface area (Å²) in [6.07, 6.45) is 3.54. The lowest BCUT2D eigenvalue weighted by Gasteiger charge is -2.40. The van der Waals surface area contributed by atoms with E-state index in [9.17, 15) is 14.4 Å². The Morgan fingerprint density at radius 3 is 2.76 bits per heavy atom. The van der Waals surface area contributed by atoms with E-state index in [1.165, 1.54) is 4.90 Å². The van der Waals surface area contributed by atoms with Crippen molar-refractivity contribution >= 4 is 23.3 Å². The van der Waals surface area contributed by atoms with Gasteiger partial charge in [-0.05, 0) is 25.1 Å². The Morgan fingerprint density at radius 1 is 1.26 bits per heavy atom. The Balaban J connectivity index is 1.78. The zero-order valence-corrected chi connectivity index (χ0v) is 18.7. The second kappa shape index (κ2) is 8.06. The number of amides is 1. The van der Waals surface area contributed by atoms with Crippen molar-refractivity contribution in [3.63, 3.8) is 0 Å². The molecule has 0 saturated carbocycles. The number of nitrogens with zero attached hydrogens (tertiary/aromatic N) is 1. The van der Waals surface area contributed by atoms with Gasteiger partial charge in [0, 0.05) is 36.6 Å². The van der Waals surface area contributed by atoms with Gasteiger partial charge in [0.05, 0.1) is 18.4 Å². The van der Waals surface area contributed by atoms with Crippen LogP contribution in [0.4, 0.5) is 5.69 Å². The average Bonchev–Trinajstić information content (AvgIpc) is 3.42. The van der Waals surface area contributed by atoms with Gasteiger partial charge in [0.2, 0.25) is 11.8 Å². The smallest absolute Gasteiger partial charge is 0.341 e. The molecule has 2 atom stereocenters. The molecule has 8 nitrogen and oxygen atoms in total. The molecule has 1 spiro atoms. The fourth-order valence-electron chi connectivity index (χ4n) is 5.31. The van der Waals surface area contributed by atoms with Crippen molar-refractivity contribution < 1.29 is 28.3 Å². The molecule has 0 saturated heterocycles. The lowest BCUT2D eigenvalue weighted by atomic mass is 9.63. The summed E-state index contributed by atoms with van der Waals surface area (Å²) < 4.78 is 16.7. The van der Waals surface area contributed by atoms with Gasteiger partial charge in [-0.2, -0.15) is 0 Å². The maximum absolute atomic E-state index is 14.2. The molecule has 0 bridgehead atoms. The van der Waals surface area contributed by atoms with Crippen molar-refractivity contribution in [1.29, 1.82) is 0 Å². The molecule has 1 aliphatic carbocycles. The fourth-order valence-corrected chi connectivity index (χ4v) is 5.31. The Kier molecular flexibility index (Phi) is 5.16. The van der Waals surface area contributed by atoms with Crippen molar-refractivity contribution in [1.82, 2.24) is 0 Å². The highest BCUT2D eigenvalue weighted by Crippen LogP contribution is 2.57. The van der Waals surface area contributed by atoms with Crippen LogP contribution in [0, 0.1) is 0 Å². The zero-order chi connectivity index (χ0) is 24.0. The molecule has 174 valence electrons. The van der Waals surface area contributed by atoms with E-state index >= 15 is 0 Å². The number of fused-ring (bicyclic) bond motifs is 3. The molecular formula is C26H24N2O6. The van der Waals surface area contributed by atoms with Crippen molar-refractivity contribution in [3.8, 4) is 0 Å². The quantitative estimate of drug-likeness (QED) is 0.539. The highest BCUT2D eigenvalue weighted by atomic mass is 16.5. The predicted octanol–water partition coefficient (Wildman–Crippen LogP) is 3.21. The maximum Gasteiger partial charge on any atom is 0.341 e. The first kappa shape index (κ1) is 21.8. The number of ether oxygens (including phenoxy) is 2. The standard InChI is InChI=1S/C26H24N2O6/c1-3-11-28-17-9-6-5-8-16(17)26(25(28)31)21-18(29)13-15(19-10-7-12-33-19)14-20(21)34-23(27)22(26)24(30)32-4-2/h3,5-10,12,15H,1,4,11,13-14,27H2,2H3/t15-,26-/m0/s1. The minimum atomic E-state index is -1.76. The number of Topliss-reactive ketones (excluding diaryl/α,β-unsaturated/α-hetero) is 1. The predicted molar refractivity (Wildman–Crippen MR) is 122 cm³/mol. The number of carbonyl (C=O) groups is 3. The van der Waals surface area contributed by atoms with Crippen LogP contribution in [0.3, 0.4) is 0 Å². The molecule has 2 N–H and O–H groups in total. The highest BCUT2D eigenvalue weighted by molar-refractivity contribution is 6.23. The lowest BCUT2D eigenvalue weighted by Crippen LogP contribution is -2.51. The molecule has 1 amide bonds. The number of ketones is 1. The first-order chi connectivity index (χ1) is 16.4. The summed E-state index contributed by atoms with van der Waals surface area (Å²) in [5.74, 6) is -1.16. The number of hydrogen-bond donors (Lipinski definition) is 1. The minimum absolute atomic E-state index is 0.0678. The third-order valence-corrected chi connectivity index (χ3v) is 6.55. The monoisotopic (exact) mass is 460 g/mol. The van der Waals surface area contributed by atoms with Gasteiger partial charge in [-0.3, -0.25) is 9.59 Å². The molecule has 3 aliphatic rings. The summed E-state index contributed by atoms with van der Waals surface area (Å²) in [4.78, 5) is 42.7. The topological polar surface area (TPSA) is 112 Å². The lowest BCUT2D eigenvalue weighted by molar-refractivity contribution is -0.141. The number of para-hydroxylation sites is 1. The first-order valence-corrected chi connectivity index (χ1v) is 11.1. The van der Waals surface area contributed by atoms with E-state index in [0.29, 0.717) is 23.4 Å². The van der Waals surface area contributed by atoms with Gasteiger partial charge < -0.3 is 24.5 Å². The summed E-state index contributed by atoms with van der Waals surface area (Å²) in [6, 6.07) is 10.6. The molecule has 0 fully saturated rings. The van der Waals surface area contributed by atoms with Gasteiger partial charge in [-0.1, -0.05) is 24.3 Å². The third kappa shape index (κ3) is 2.88. The molecule has 2 aromatic rings. The number of anilines is 1. The molecule has 5 rings (SSSR count). The van der Waals surface area contributed by atoms with Gasteiger partial charge >= 0.3 is 5.97 Å². The number of hydrogen-bond acceptors (Lipinski definition) is 7. The number of nitrogens with two attached hydrogens (primary N) is 1. The van der Waals surface area contributed by atoms with Crippen LogP contribution in [0.25, 0.3) is 0 Å². The highest BCUT2D eigenvalue weighted by Gasteiger charge is 2.64. The largest absolute Gasteiger partial charge is 0.469 e. The van der Waals surface area contributed by atoms with E-state index in [2.05, 4.69) is 6.58 Å². The second-order valence-electron chi connectivity index (χ2n) is 8.38. The van der Waals surface area contributed by atoms with Gasteiger partial charge in [-0.15, -0.1) is 6.58 Å². The first-order valence-electron chi connectivity index (χ1n) is 11.1. The molecule has 8 heteroatoms. The number of benzene rings is 1. The minimum Gasteiger partial charge on any atom is -0.469 e. The SMILES string of the molecule is C=CCN1C(=O)[C@@]2(C(C(=O)OCC)=C(N)OC3=C2C(=O)C[C@H](c2ccco2)C3)c2ccccc21. The molecule has 0 radical (unpaired) electrons. The van der Waals surface area contributed by atoms with Crippen LogP contribution in [-0.2, 0) is 29.3 Å². The van der Waals surface area contributed by atoms with Crippen molar-refractivity contribution in [3.05, 3.63) is 89.4 Å². The van der Waals surface area contributed by atoms with Gasteiger partial charge in [0.15, 0.2) is 5.78 Å².